The van der Waals surface area contributed by atoms with Crippen LogP contribution in [0.5, 0.6) is 0 Å². The zero-order valence-electron chi connectivity index (χ0n) is 26.7. The third-order valence-corrected chi connectivity index (χ3v) is 10.5. The molecular weight excluding hydrogens is 631 g/mol. The second-order valence-electron chi connectivity index (χ2n) is 12.4. The van der Waals surface area contributed by atoms with Crippen molar-refractivity contribution in [3.63, 3.8) is 0 Å². The first-order valence-electron chi connectivity index (χ1n) is 16.6. The molecule has 0 radical (unpaired) electrons. The van der Waals surface area contributed by atoms with Gasteiger partial charge in [-0.1, -0.05) is 140 Å². The van der Waals surface area contributed by atoms with E-state index in [2.05, 4.69) is 91.0 Å². The summed E-state index contributed by atoms with van der Waals surface area (Å²) in [5, 5.41) is 4.59. The van der Waals surface area contributed by atoms with Gasteiger partial charge in [-0.25, -0.2) is 15.0 Å². The lowest BCUT2D eigenvalue weighted by molar-refractivity contribution is 0.670. The van der Waals surface area contributed by atoms with Gasteiger partial charge in [0.1, 0.15) is 11.2 Å². The van der Waals surface area contributed by atoms with Gasteiger partial charge < -0.3 is 4.42 Å². The average Bonchev–Trinajstić information content (AvgIpc) is 3.77. The van der Waals surface area contributed by atoms with Crippen molar-refractivity contribution >= 4 is 53.4 Å². The van der Waals surface area contributed by atoms with Crippen LogP contribution >= 0.6 is 11.3 Å². The number of furan rings is 1. The van der Waals surface area contributed by atoms with Crippen LogP contribution in [0.25, 0.3) is 98.5 Å². The van der Waals surface area contributed by atoms with Gasteiger partial charge in [-0.05, 0) is 41.0 Å². The minimum atomic E-state index is 0.656. The number of para-hydroxylation sites is 1. The largest absolute Gasteiger partial charge is 0.455 e. The minimum absolute atomic E-state index is 0.656. The Hall–Kier alpha value is -6.43. The molecule has 4 nitrogen and oxygen atoms in total. The number of benzene rings is 7. The van der Waals surface area contributed by atoms with E-state index in [4.69, 9.17) is 19.4 Å². The molecule has 0 saturated heterocycles. The van der Waals surface area contributed by atoms with Crippen molar-refractivity contribution in [3.05, 3.63) is 164 Å². The summed E-state index contributed by atoms with van der Waals surface area (Å²) in [4.78, 5) is 15.0. The standard InChI is InChI=1S/C45H27N3OS/c1-4-13-28(14-5-1)33-26-25-32(41-34-19-10-11-21-37(34)49-42(33)41)31-23-24-35-39(27-31)50-38-22-12-20-36(40(35)38)45-47-43(29-15-6-2-7-16-29)46-44(48-45)30-17-8-3-9-18-30/h1-27H. The molecule has 0 unspecified atom stereocenters. The van der Waals surface area contributed by atoms with E-state index in [1.165, 1.54) is 14.8 Å². The molecule has 0 saturated carbocycles. The van der Waals surface area contributed by atoms with Crippen LogP contribution in [0.3, 0.4) is 0 Å². The quantitative estimate of drug-likeness (QED) is 0.185. The Labute approximate surface area is 292 Å². The molecular formula is C45H27N3OS. The maximum Gasteiger partial charge on any atom is 0.164 e. The van der Waals surface area contributed by atoms with Gasteiger partial charge in [0.15, 0.2) is 17.5 Å². The van der Waals surface area contributed by atoms with Gasteiger partial charge >= 0.3 is 0 Å². The molecule has 0 atom stereocenters. The number of hydrogen-bond acceptors (Lipinski definition) is 5. The summed E-state index contributed by atoms with van der Waals surface area (Å²) in [6.45, 7) is 0. The van der Waals surface area contributed by atoms with E-state index in [-0.39, 0.29) is 0 Å². The summed E-state index contributed by atoms with van der Waals surface area (Å²) in [5.74, 6) is 1.97. The first-order chi connectivity index (χ1) is 24.8. The number of aromatic nitrogens is 3. The molecule has 10 rings (SSSR count). The van der Waals surface area contributed by atoms with E-state index < -0.39 is 0 Å². The summed E-state index contributed by atoms with van der Waals surface area (Å²) in [5.41, 5.74) is 9.24. The summed E-state index contributed by atoms with van der Waals surface area (Å²) in [6.07, 6.45) is 0. The normalized spacial score (nSPS) is 11.6. The number of nitrogens with zero attached hydrogens (tertiary/aromatic N) is 3. The minimum Gasteiger partial charge on any atom is -0.455 e. The van der Waals surface area contributed by atoms with Crippen LogP contribution in [0.4, 0.5) is 0 Å². The van der Waals surface area contributed by atoms with Crippen LogP contribution in [0.2, 0.25) is 0 Å². The fraction of sp³-hybridized carbons (Fsp3) is 0. The highest BCUT2D eigenvalue weighted by Crippen LogP contribution is 2.45. The molecule has 50 heavy (non-hydrogen) atoms. The van der Waals surface area contributed by atoms with Gasteiger partial charge in [0.05, 0.1) is 0 Å². The van der Waals surface area contributed by atoms with Gasteiger partial charge in [-0.15, -0.1) is 11.3 Å². The number of thiophene rings is 1. The maximum absolute atomic E-state index is 6.57. The molecule has 0 spiro atoms. The van der Waals surface area contributed by atoms with Crippen molar-refractivity contribution in [3.8, 4) is 56.4 Å². The summed E-state index contributed by atoms with van der Waals surface area (Å²) in [7, 11) is 0. The molecule has 0 amide bonds. The SMILES string of the molecule is c1ccc(-c2nc(-c3ccccc3)nc(-c3cccc4sc5cc(-c6ccc(-c7ccccc7)c7oc8ccccc8c67)ccc5c34)n2)cc1. The summed E-state index contributed by atoms with van der Waals surface area (Å²) in [6, 6.07) is 56.7. The maximum atomic E-state index is 6.57. The zero-order chi connectivity index (χ0) is 33.0. The topological polar surface area (TPSA) is 51.8 Å². The number of hydrogen-bond donors (Lipinski definition) is 0. The second-order valence-corrected chi connectivity index (χ2v) is 13.4. The Kier molecular flexibility index (Phi) is 6.64. The Morgan fingerprint density at radius 2 is 1.00 bits per heavy atom. The average molecular weight is 658 g/mol. The molecule has 3 heterocycles. The van der Waals surface area contributed by atoms with Gasteiger partial charge in [-0.2, -0.15) is 0 Å². The van der Waals surface area contributed by atoms with E-state index in [1.807, 2.05) is 72.8 Å². The lowest BCUT2D eigenvalue weighted by Gasteiger charge is -2.10. The van der Waals surface area contributed by atoms with E-state index in [0.29, 0.717) is 17.5 Å². The lowest BCUT2D eigenvalue weighted by Crippen LogP contribution is -2.00. The van der Waals surface area contributed by atoms with Crippen LogP contribution in [0, 0.1) is 0 Å². The van der Waals surface area contributed by atoms with Crippen LogP contribution in [-0.2, 0) is 0 Å². The van der Waals surface area contributed by atoms with Gasteiger partial charge in [0.25, 0.3) is 0 Å². The highest BCUT2D eigenvalue weighted by molar-refractivity contribution is 7.26. The predicted octanol–water partition coefficient (Wildman–Crippen LogP) is 12.5. The fourth-order valence-corrected chi connectivity index (χ4v) is 8.19. The Morgan fingerprint density at radius 1 is 0.380 bits per heavy atom. The number of fused-ring (bicyclic) bond motifs is 6. The smallest absolute Gasteiger partial charge is 0.164 e. The van der Waals surface area contributed by atoms with E-state index >= 15 is 0 Å². The molecule has 3 aromatic heterocycles. The first-order valence-corrected chi connectivity index (χ1v) is 17.4. The second kappa shape index (κ2) is 11.6. The highest BCUT2D eigenvalue weighted by atomic mass is 32.1. The molecule has 0 fully saturated rings. The van der Waals surface area contributed by atoms with Gasteiger partial charge in [0.2, 0.25) is 0 Å². The third-order valence-electron chi connectivity index (χ3n) is 9.36. The van der Waals surface area contributed by atoms with Crippen molar-refractivity contribution in [2.75, 3.05) is 0 Å². The molecule has 0 aliphatic heterocycles. The Bertz CT molecular complexity index is 2800. The highest BCUT2D eigenvalue weighted by Gasteiger charge is 2.20. The van der Waals surface area contributed by atoms with Gasteiger partial charge in [0, 0.05) is 53.2 Å². The zero-order valence-corrected chi connectivity index (χ0v) is 27.6. The molecule has 7 aromatic carbocycles. The molecule has 0 N–H and O–H groups in total. The van der Waals surface area contributed by atoms with Crippen molar-refractivity contribution in [2.45, 2.75) is 0 Å². The van der Waals surface area contributed by atoms with Crippen LogP contribution in [0.1, 0.15) is 0 Å². The lowest BCUT2D eigenvalue weighted by atomic mass is 9.94. The monoisotopic (exact) mass is 657 g/mol. The fourth-order valence-electron chi connectivity index (χ4n) is 7.02. The third kappa shape index (κ3) is 4.71. The van der Waals surface area contributed by atoms with E-state index in [9.17, 15) is 0 Å². The molecule has 0 bridgehead atoms. The van der Waals surface area contributed by atoms with Gasteiger partial charge in [-0.3, -0.25) is 0 Å². The molecule has 10 aromatic rings. The molecule has 234 valence electrons. The summed E-state index contributed by atoms with van der Waals surface area (Å²) >= 11 is 1.80. The van der Waals surface area contributed by atoms with Crippen LogP contribution < -0.4 is 0 Å². The van der Waals surface area contributed by atoms with Crippen molar-refractivity contribution < 1.29 is 4.42 Å². The molecule has 0 aliphatic carbocycles. The van der Waals surface area contributed by atoms with E-state index in [1.54, 1.807) is 11.3 Å². The molecule has 0 aliphatic rings. The summed E-state index contributed by atoms with van der Waals surface area (Å²) < 4.78 is 8.96. The van der Waals surface area contributed by atoms with Crippen molar-refractivity contribution in [1.82, 2.24) is 15.0 Å². The van der Waals surface area contributed by atoms with Crippen LogP contribution in [0.15, 0.2) is 168 Å². The first kappa shape index (κ1) is 28.6. The van der Waals surface area contributed by atoms with Crippen LogP contribution in [-0.4, -0.2) is 15.0 Å². The number of rotatable bonds is 5. The van der Waals surface area contributed by atoms with Crippen molar-refractivity contribution in [1.29, 1.82) is 0 Å². The predicted molar refractivity (Wildman–Crippen MR) is 207 cm³/mol. The molecule has 5 heteroatoms. The Morgan fingerprint density at radius 3 is 1.72 bits per heavy atom. The van der Waals surface area contributed by atoms with E-state index in [0.717, 1.165) is 66.3 Å². The Balaban J connectivity index is 1.16. The van der Waals surface area contributed by atoms with Crippen molar-refractivity contribution in [2.24, 2.45) is 0 Å².